The molecule has 2 heterocycles. The second-order valence-corrected chi connectivity index (χ2v) is 4.37. The van der Waals surface area contributed by atoms with Crippen LogP contribution in [0.15, 0.2) is 24.4 Å². The summed E-state index contributed by atoms with van der Waals surface area (Å²) in [4.78, 5) is 26.0. The number of imidazole rings is 1. The number of aromatic nitrogens is 2. The molecule has 0 aliphatic carbocycles. The molecule has 0 saturated heterocycles. The van der Waals surface area contributed by atoms with Gasteiger partial charge in [-0.15, -0.1) is 0 Å². The van der Waals surface area contributed by atoms with Crippen molar-refractivity contribution in [1.82, 2.24) is 9.55 Å². The van der Waals surface area contributed by atoms with Gasteiger partial charge in [0.05, 0.1) is 5.69 Å². The molecule has 1 aliphatic heterocycles. The molecule has 20 heavy (non-hydrogen) atoms. The van der Waals surface area contributed by atoms with Gasteiger partial charge >= 0.3 is 5.97 Å². The number of nitrogens with one attached hydrogen (secondary N) is 1. The Kier molecular flexibility index (Phi) is 2.67. The van der Waals surface area contributed by atoms with Crippen LogP contribution in [0, 0.1) is 0 Å². The number of amides is 1. The molecule has 0 spiro atoms. The summed E-state index contributed by atoms with van der Waals surface area (Å²) in [7, 11) is 0. The molecule has 102 valence electrons. The van der Waals surface area contributed by atoms with Gasteiger partial charge in [0.1, 0.15) is 12.4 Å². The summed E-state index contributed by atoms with van der Waals surface area (Å²) < 4.78 is 7.17. The van der Waals surface area contributed by atoms with Gasteiger partial charge in [-0.05, 0) is 18.2 Å². The van der Waals surface area contributed by atoms with Crippen LogP contribution in [0.1, 0.15) is 23.2 Å². The molecule has 1 aromatic carbocycles. The number of ether oxygens (including phenoxy) is 1. The smallest absolute Gasteiger partial charge is 0.356 e. The molecule has 3 rings (SSSR count). The summed E-state index contributed by atoms with van der Waals surface area (Å²) in [6.07, 6.45) is 1.44. The van der Waals surface area contributed by atoms with E-state index in [4.69, 9.17) is 9.84 Å². The van der Waals surface area contributed by atoms with E-state index >= 15 is 0 Å². The van der Waals surface area contributed by atoms with Gasteiger partial charge in [0.2, 0.25) is 5.91 Å². The molecule has 0 fully saturated rings. The van der Waals surface area contributed by atoms with E-state index < -0.39 is 5.97 Å². The zero-order chi connectivity index (χ0) is 14.3. The summed E-state index contributed by atoms with van der Waals surface area (Å²) in [6, 6.07) is 5.16. The number of hydrogen-bond donors (Lipinski definition) is 2. The predicted octanol–water partition coefficient (Wildman–Crippen LogP) is 1.42. The van der Waals surface area contributed by atoms with Crippen LogP contribution in [0.25, 0.3) is 5.69 Å². The normalized spacial score (nSPS) is 12.1. The maximum atomic E-state index is 11.1. The number of nitrogens with zero attached hydrogens (tertiary/aromatic N) is 2. The monoisotopic (exact) mass is 273 g/mol. The molecule has 0 saturated carbocycles. The topological polar surface area (TPSA) is 93.5 Å². The third-order valence-corrected chi connectivity index (χ3v) is 2.89. The number of hydrogen-bond acceptors (Lipinski definition) is 4. The van der Waals surface area contributed by atoms with E-state index in [9.17, 15) is 9.59 Å². The molecule has 1 aromatic heterocycles. The fourth-order valence-electron chi connectivity index (χ4n) is 2.08. The number of carbonyl (C=O) groups is 2. The van der Waals surface area contributed by atoms with Crippen molar-refractivity contribution in [2.75, 3.05) is 5.32 Å². The van der Waals surface area contributed by atoms with Gasteiger partial charge in [0.25, 0.3) is 0 Å². The maximum Gasteiger partial charge on any atom is 0.356 e. The number of rotatable bonds is 2. The third-order valence-electron chi connectivity index (χ3n) is 2.89. The van der Waals surface area contributed by atoms with Gasteiger partial charge < -0.3 is 15.2 Å². The highest BCUT2D eigenvalue weighted by Crippen LogP contribution is 2.32. The van der Waals surface area contributed by atoms with Crippen molar-refractivity contribution in [2.45, 2.75) is 13.5 Å². The highest BCUT2D eigenvalue weighted by molar-refractivity contribution is 5.89. The number of fused-ring (bicyclic) bond motifs is 3. The molecule has 0 radical (unpaired) electrons. The van der Waals surface area contributed by atoms with Crippen molar-refractivity contribution in [3.63, 3.8) is 0 Å². The van der Waals surface area contributed by atoms with Crippen LogP contribution in [0.2, 0.25) is 0 Å². The van der Waals surface area contributed by atoms with E-state index in [2.05, 4.69) is 10.3 Å². The van der Waals surface area contributed by atoms with Gasteiger partial charge in [-0.25, -0.2) is 9.78 Å². The zero-order valence-corrected chi connectivity index (χ0v) is 10.6. The van der Waals surface area contributed by atoms with Crippen LogP contribution in [-0.2, 0) is 11.4 Å². The van der Waals surface area contributed by atoms with E-state index in [1.807, 2.05) is 0 Å². The van der Waals surface area contributed by atoms with E-state index in [1.165, 1.54) is 13.1 Å². The van der Waals surface area contributed by atoms with E-state index in [1.54, 1.807) is 22.8 Å². The Bertz CT molecular complexity index is 720. The quantitative estimate of drug-likeness (QED) is 0.863. The standard InChI is InChI=1S/C13H11N3O4/c1-7(17)14-8-2-3-11-10(4-8)16-5-9(13(18)19)15-12(16)6-20-11/h2-5H,6H2,1H3,(H,14,17)(H,18,19). The lowest BCUT2D eigenvalue weighted by Gasteiger charge is -2.20. The van der Waals surface area contributed by atoms with Gasteiger partial charge in [-0.3, -0.25) is 9.36 Å². The number of carboxylic acids is 1. The van der Waals surface area contributed by atoms with Gasteiger partial charge in [-0.1, -0.05) is 0 Å². The maximum absolute atomic E-state index is 11.1. The summed E-state index contributed by atoms with van der Waals surface area (Å²) in [6.45, 7) is 1.63. The fourth-order valence-corrected chi connectivity index (χ4v) is 2.08. The molecular formula is C13H11N3O4. The van der Waals surface area contributed by atoms with Crippen LogP contribution < -0.4 is 10.1 Å². The number of anilines is 1. The van der Waals surface area contributed by atoms with Crippen molar-refractivity contribution in [2.24, 2.45) is 0 Å². The average molecular weight is 273 g/mol. The molecule has 2 N–H and O–H groups in total. The lowest BCUT2D eigenvalue weighted by Crippen LogP contribution is -2.13. The summed E-state index contributed by atoms with van der Waals surface area (Å²) in [5.41, 5.74) is 1.22. The Morgan fingerprint density at radius 1 is 1.45 bits per heavy atom. The Morgan fingerprint density at radius 2 is 2.25 bits per heavy atom. The Balaban J connectivity index is 2.09. The minimum Gasteiger partial charge on any atom is -0.483 e. The Hall–Kier alpha value is -2.83. The Labute approximate surface area is 113 Å². The molecule has 1 amide bonds. The van der Waals surface area contributed by atoms with E-state index in [0.29, 0.717) is 22.9 Å². The molecule has 2 aromatic rings. The van der Waals surface area contributed by atoms with Gasteiger partial charge in [0, 0.05) is 18.8 Å². The van der Waals surface area contributed by atoms with Crippen molar-refractivity contribution in [1.29, 1.82) is 0 Å². The molecule has 0 atom stereocenters. The SMILES string of the molecule is CC(=O)Nc1ccc2c(c1)-n1cc(C(=O)O)nc1CO2. The first-order valence-electron chi connectivity index (χ1n) is 5.91. The van der Waals surface area contributed by atoms with Crippen molar-refractivity contribution >= 4 is 17.6 Å². The highest BCUT2D eigenvalue weighted by atomic mass is 16.5. The van der Waals surface area contributed by atoms with Crippen molar-refractivity contribution in [3.8, 4) is 11.4 Å². The minimum atomic E-state index is -1.09. The Morgan fingerprint density at radius 3 is 2.95 bits per heavy atom. The molecule has 7 heteroatoms. The summed E-state index contributed by atoms with van der Waals surface area (Å²) in [5, 5.41) is 11.7. The first kappa shape index (κ1) is 12.2. The highest BCUT2D eigenvalue weighted by Gasteiger charge is 2.21. The molecule has 1 aliphatic rings. The zero-order valence-electron chi connectivity index (χ0n) is 10.6. The largest absolute Gasteiger partial charge is 0.483 e. The summed E-state index contributed by atoms with van der Waals surface area (Å²) >= 11 is 0. The van der Waals surface area contributed by atoms with Gasteiger partial charge in [-0.2, -0.15) is 0 Å². The molecule has 0 bridgehead atoms. The number of aromatic carboxylic acids is 1. The number of carbonyl (C=O) groups excluding carboxylic acids is 1. The average Bonchev–Trinajstić information content (AvgIpc) is 2.82. The van der Waals surface area contributed by atoms with Crippen LogP contribution in [0.4, 0.5) is 5.69 Å². The van der Waals surface area contributed by atoms with E-state index in [0.717, 1.165) is 0 Å². The molecule has 7 nitrogen and oxygen atoms in total. The van der Waals surface area contributed by atoms with E-state index in [-0.39, 0.29) is 18.2 Å². The lowest BCUT2D eigenvalue weighted by molar-refractivity contribution is -0.114. The first-order valence-corrected chi connectivity index (χ1v) is 5.91. The van der Waals surface area contributed by atoms with Crippen molar-refractivity contribution < 1.29 is 19.4 Å². The second-order valence-electron chi connectivity index (χ2n) is 4.37. The van der Waals surface area contributed by atoms with Crippen LogP contribution in [0.3, 0.4) is 0 Å². The van der Waals surface area contributed by atoms with Crippen LogP contribution in [0.5, 0.6) is 5.75 Å². The number of benzene rings is 1. The van der Waals surface area contributed by atoms with Gasteiger partial charge in [0.15, 0.2) is 11.5 Å². The fraction of sp³-hybridized carbons (Fsp3) is 0.154. The first-order chi connectivity index (χ1) is 9.54. The second kappa shape index (κ2) is 4.37. The molecule has 0 unspecified atom stereocenters. The molecular weight excluding hydrogens is 262 g/mol. The lowest BCUT2D eigenvalue weighted by atomic mass is 10.2. The third kappa shape index (κ3) is 1.99. The van der Waals surface area contributed by atoms with Crippen LogP contribution in [-0.4, -0.2) is 26.5 Å². The summed E-state index contributed by atoms with van der Waals surface area (Å²) in [5.74, 6) is -0.152. The predicted molar refractivity (Wildman–Crippen MR) is 69.2 cm³/mol. The minimum absolute atomic E-state index is 0.0404. The number of carboxylic acid groups (broad SMARTS) is 1. The van der Waals surface area contributed by atoms with Crippen LogP contribution >= 0.6 is 0 Å². The van der Waals surface area contributed by atoms with Crippen molar-refractivity contribution in [3.05, 3.63) is 35.9 Å².